The molecule has 4 heteroatoms. The van der Waals surface area contributed by atoms with Crippen LogP contribution >= 0.6 is 39.0 Å². The van der Waals surface area contributed by atoms with Gasteiger partial charge in [0.2, 0.25) is 0 Å². The van der Waals surface area contributed by atoms with Gasteiger partial charge in [-0.15, -0.1) is 11.3 Å². The molecule has 0 atom stereocenters. The molecule has 1 aromatic heterocycles. The van der Waals surface area contributed by atoms with E-state index >= 15 is 0 Å². The molecule has 1 rings (SSSR count). The Balaban J connectivity index is 2.35. The smallest absolute Gasteiger partial charge is 0.150 e. The lowest BCUT2D eigenvalue weighted by Gasteiger charge is -1.91. The molecule has 10 heavy (non-hydrogen) atoms. The van der Waals surface area contributed by atoms with E-state index in [9.17, 15) is 0 Å². The van der Waals surface area contributed by atoms with Gasteiger partial charge in [-0.2, -0.15) is 0 Å². The lowest BCUT2D eigenvalue weighted by atomic mass is 10.8. The first-order chi connectivity index (χ1) is 4.79. The third-order valence-corrected chi connectivity index (χ3v) is 3.47. The van der Waals surface area contributed by atoms with Crippen LogP contribution in [0, 0.1) is 0 Å². The van der Waals surface area contributed by atoms with Gasteiger partial charge in [0.25, 0.3) is 0 Å². The minimum absolute atomic E-state index is 0.896. The van der Waals surface area contributed by atoms with Gasteiger partial charge in [0.05, 0.1) is 0 Å². The summed E-state index contributed by atoms with van der Waals surface area (Å²) in [5, 5.41) is 1.97. The second kappa shape index (κ2) is 4.16. The molecule has 0 saturated carbocycles. The lowest BCUT2D eigenvalue weighted by Crippen LogP contribution is -1.73. The Morgan fingerprint density at radius 1 is 1.90 bits per heavy atom. The van der Waals surface area contributed by atoms with E-state index in [-0.39, 0.29) is 0 Å². The molecule has 0 unspecified atom stereocenters. The Labute approximate surface area is 76.7 Å². The van der Waals surface area contributed by atoms with Gasteiger partial charge in [-0.1, -0.05) is 34.3 Å². The van der Waals surface area contributed by atoms with Crippen LogP contribution in [0.15, 0.2) is 27.0 Å². The van der Waals surface area contributed by atoms with E-state index in [0.717, 1.165) is 14.6 Å². The molecule has 0 spiro atoms. The van der Waals surface area contributed by atoms with Gasteiger partial charge in [-0.3, -0.25) is 0 Å². The first-order valence-electron chi connectivity index (χ1n) is 2.64. The molecule has 1 nitrogen and oxygen atoms in total. The molecule has 0 bridgehead atoms. The average Bonchev–Trinajstić information content (AvgIpc) is 2.34. The number of hydrogen-bond acceptors (Lipinski definition) is 3. The van der Waals surface area contributed by atoms with E-state index < -0.39 is 0 Å². The van der Waals surface area contributed by atoms with Crippen LogP contribution in [0.4, 0.5) is 0 Å². The fourth-order valence-electron chi connectivity index (χ4n) is 0.422. The van der Waals surface area contributed by atoms with E-state index in [2.05, 4.69) is 27.5 Å². The van der Waals surface area contributed by atoms with Crippen molar-refractivity contribution in [2.45, 2.75) is 4.34 Å². The minimum atomic E-state index is 0.896. The Bertz CT molecular complexity index is 208. The summed E-state index contributed by atoms with van der Waals surface area (Å²) in [6.45, 7) is 3.73. The molecule has 0 radical (unpaired) electrons. The molecule has 0 aliphatic heterocycles. The number of thiazole rings is 1. The molecule has 0 saturated heterocycles. The summed E-state index contributed by atoms with van der Waals surface area (Å²) < 4.78 is 2.10. The molecule has 0 N–H and O–H groups in total. The number of aromatic nitrogens is 1. The highest BCUT2D eigenvalue weighted by Crippen LogP contribution is 2.23. The fourth-order valence-corrected chi connectivity index (χ4v) is 2.16. The summed E-state index contributed by atoms with van der Waals surface area (Å²) >= 11 is 6.63. The topological polar surface area (TPSA) is 12.9 Å². The second-order valence-electron chi connectivity index (χ2n) is 1.60. The zero-order valence-electron chi connectivity index (χ0n) is 5.21. The van der Waals surface area contributed by atoms with Gasteiger partial charge in [0.1, 0.15) is 4.34 Å². The molecule has 1 aromatic rings. The monoisotopic (exact) mass is 235 g/mol. The van der Waals surface area contributed by atoms with Crippen LogP contribution in [0.25, 0.3) is 0 Å². The normalized spacial score (nSPS) is 9.70. The number of nitrogens with zero attached hydrogens (tertiary/aromatic N) is 1. The van der Waals surface area contributed by atoms with Crippen LogP contribution < -0.4 is 0 Å². The summed E-state index contributed by atoms with van der Waals surface area (Å²) in [5.41, 5.74) is 0. The fraction of sp³-hybridized carbons (Fsp3) is 0.167. The lowest BCUT2D eigenvalue weighted by molar-refractivity contribution is 1.25. The third kappa shape index (κ3) is 2.86. The van der Waals surface area contributed by atoms with Gasteiger partial charge in [0, 0.05) is 17.3 Å². The summed E-state index contributed by atoms with van der Waals surface area (Å²) in [6.07, 6.45) is 1.81. The van der Waals surface area contributed by atoms with E-state index in [0.29, 0.717) is 0 Å². The van der Waals surface area contributed by atoms with Crippen molar-refractivity contribution in [1.29, 1.82) is 0 Å². The molecule has 1 heterocycles. The van der Waals surface area contributed by atoms with Gasteiger partial charge >= 0.3 is 0 Å². The molecule has 0 aliphatic rings. The molecule has 54 valence electrons. The molecular weight excluding hydrogens is 230 g/mol. The Morgan fingerprint density at radius 3 is 3.20 bits per heavy atom. The third-order valence-electron chi connectivity index (χ3n) is 0.762. The summed E-state index contributed by atoms with van der Waals surface area (Å²) in [6, 6.07) is 0. The standard InChI is InChI=1S/C6H6BrNS2/c1-5(7)4-10-6-8-2-3-9-6/h2-3H,1,4H2. The highest BCUT2D eigenvalue weighted by Gasteiger charge is 1.95. The van der Waals surface area contributed by atoms with Crippen LogP contribution in [0.2, 0.25) is 0 Å². The predicted molar refractivity (Wildman–Crippen MR) is 50.9 cm³/mol. The second-order valence-corrected chi connectivity index (χ2v) is 4.84. The highest BCUT2D eigenvalue weighted by molar-refractivity contribution is 9.11. The van der Waals surface area contributed by atoms with Crippen molar-refractivity contribution in [3.8, 4) is 0 Å². The maximum atomic E-state index is 4.11. The number of rotatable bonds is 3. The van der Waals surface area contributed by atoms with Crippen LogP contribution in [0.3, 0.4) is 0 Å². The van der Waals surface area contributed by atoms with Crippen LogP contribution in [0.5, 0.6) is 0 Å². The summed E-state index contributed by atoms with van der Waals surface area (Å²) in [5.74, 6) is 0.896. The van der Waals surface area contributed by atoms with Crippen molar-refractivity contribution in [2.75, 3.05) is 5.75 Å². The average molecular weight is 236 g/mol. The van der Waals surface area contributed by atoms with Crippen molar-refractivity contribution in [2.24, 2.45) is 0 Å². The number of thioether (sulfide) groups is 1. The SMILES string of the molecule is C=C(Br)CSc1nccs1. The number of halogens is 1. The largest absolute Gasteiger partial charge is 0.238 e. The summed E-state index contributed by atoms with van der Waals surface area (Å²) in [7, 11) is 0. The van der Waals surface area contributed by atoms with Crippen LogP contribution in [-0.2, 0) is 0 Å². The molecule has 0 fully saturated rings. The predicted octanol–water partition coefficient (Wildman–Crippen LogP) is 3.14. The Morgan fingerprint density at radius 2 is 2.70 bits per heavy atom. The van der Waals surface area contributed by atoms with Crippen molar-refractivity contribution in [3.63, 3.8) is 0 Å². The van der Waals surface area contributed by atoms with E-state index in [4.69, 9.17) is 0 Å². The quantitative estimate of drug-likeness (QED) is 0.748. The summed E-state index contributed by atoms with van der Waals surface area (Å²) in [4.78, 5) is 4.11. The molecule has 0 aromatic carbocycles. The van der Waals surface area contributed by atoms with Crippen molar-refractivity contribution >= 4 is 39.0 Å². The molecule has 0 amide bonds. The molecular formula is C6H6BrNS2. The minimum Gasteiger partial charge on any atom is -0.238 e. The maximum absolute atomic E-state index is 4.11. The Kier molecular flexibility index (Phi) is 3.45. The maximum Gasteiger partial charge on any atom is 0.150 e. The first kappa shape index (κ1) is 8.30. The van der Waals surface area contributed by atoms with Gasteiger partial charge in [-0.05, 0) is 4.48 Å². The molecule has 0 aliphatic carbocycles. The first-order valence-corrected chi connectivity index (χ1v) is 5.30. The van der Waals surface area contributed by atoms with Crippen molar-refractivity contribution in [3.05, 3.63) is 22.6 Å². The zero-order valence-corrected chi connectivity index (χ0v) is 8.43. The van der Waals surface area contributed by atoms with Gasteiger partial charge in [0.15, 0.2) is 0 Å². The van der Waals surface area contributed by atoms with E-state index in [1.54, 1.807) is 23.1 Å². The number of hydrogen-bond donors (Lipinski definition) is 0. The van der Waals surface area contributed by atoms with Gasteiger partial charge < -0.3 is 0 Å². The Hall–Kier alpha value is 0.200. The van der Waals surface area contributed by atoms with E-state index in [1.165, 1.54) is 0 Å². The van der Waals surface area contributed by atoms with Crippen LogP contribution in [-0.4, -0.2) is 10.7 Å². The van der Waals surface area contributed by atoms with Crippen molar-refractivity contribution in [1.82, 2.24) is 4.98 Å². The zero-order chi connectivity index (χ0) is 7.40. The van der Waals surface area contributed by atoms with Crippen molar-refractivity contribution < 1.29 is 0 Å². The van der Waals surface area contributed by atoms with E-state index in [1.807, 2.05) is 11.6 Å². The van der Waals surface area contributed by atoms with Crippen LogP contribution in [0.1, 0.15) is 0 Å². The van der Waals surface area contributed by atoms with Gasteiger partial charge in [-0.25, -0.2) is 4.98 Å². The highest BCUT2D eigenvalue weighted by atomic mass is 79.9.